The fraction of sp³-hybridized carbons (Fsp3) is 0.389. The summed E-state index contributed by atoms with van der Waals surface area (Å²) in [6.07, 6.45) is 5.36. The summed E-state index contributed by atoms with van der Waals surface area (Å²) in [5.41, 5.74) is 2.93. The molecule has 2 saturated carbocycles. The zero-order chi connectivity index (χ0) is 16.6. The molecule has 0 radical (unpaired) electrons. The Morgan fingerprint density at radius 3 is 2.29 bits per heavy atom. The number of benzene rings is 1. The Morgan fingerprint density at radius 1 is 1.08 bits per heavy atom. The number of allylic oxidation sites excluding steroid dienone is 2. The van der Waals surface area contributed by atoms with Gasteiger partial charge in [0.1, 0.15) is 0 Å². The SMILES string of the molecule is O=C(NN1C(=O)[C@@H]2[C@@H]3C=C[C@H]([C@H]4C[C@@H]34)[C@@H]2C1=O)c1cccc(Br)c1. The van der Waals surface area contributed by atoms with Gasteiger partial charge in [-0.3, -0.25) is 19.8 Å². The number of rotatable bonds is 2. The van der Waals surface area contributed by atoms with Crippen LogP contribution in [0.25, 0.3) is 0 Å². The molecule has 2 bridgehead atoms. The molecule has 3 amide bonds. The summed E-state index contributed by atoms with van der Waals surface area (Å²) >= 11 is 3.32. The highest BCUT2D eigenvalue weighted by Crippen LogP contribution is 2.65. The average Bonchev–Trinajstić information content (AvgIpc) is 3.36. The van der Waals surface area contributed by atoms with Crippen molar-refractivity contribution in [1.29, 1.82) is 0 Å². The molecule has 5 aliphatic rings. The zero-order valence-electron chi connectivity index (χ0n) is 12.7. The maximum atomic E-state index is 12.8. The van der Waals surface area contributed by atoms with Crippen molar-refractivity contribution in [3.63, 3.8) is 0 Å². The van der Waals surface area contributed by atoms with Crippen LogP contribution in [0.4, 0.5) is 0 Å². The highest BCUT2D eigenvalue weighted by molar-refractivity contribution is 9.10. The van der Waals surface area contributed by atoms with Crippen LogP contribution in [0, 0.1) is 35.5 Å². The third-order valence-electron chi connectivity index (χ3n) is 5.96. The number of halogens is 1. The predicted molar refractivity (Wildman–Crippen MR) is 88.2 cm³/mol. The van der Waals surface area contributed by atoms with Crippen molar-refractivity contribution in [2.75, 3.05) is 0 Å². The largest absolute Gasteiger partial charge is 0.272 e. The molecule has 1 N–H and O–H groups in total. The van der Waals surface area contributed by atoms with Crippen LogP contribution >= 0.6 is 15.9 Å². The van der Waals surface area contributed by atoms with E-state index in [2.05, 4.69) is 33.5 Å². The molecule has 0 spiro atoms. The fourth-order valence-corrected chi connectivity index (χ4v) is 5.26. The first kappa shape index (κ1) is 14.4. The molecule has 122 valence electrons. The Kier molecular flexibility index (Phi) is 2.87. The van der Waals surface area contributed by atoms with Gasteiger partial charge in [0.2, 0.25) is 0 Å². The van der Waals surface area contributed by atoms with Gasteiger partial charge in [-0.15, -0.1) is 0 Å². The van der Waals surface area contributed by atoms with Gasteiger partial charge in [0.25, 0.3) is 17.7 Å². The van der Waals surface area contributed by atoms with Crippen molar-refractivity contribution in [1.82, 2.24) is 10.4 Å². The van der Waals surface area contributed by atoms with E-state index in [1.807, 2.05) is 6.07 Å². The number of amides is 3. The van der Waals surface area contributed by atoms with Crippen LogP contribution in [0.5, 0.6) is 0 Å². The van der Waals surface area contributed by atoms with E-state index >= 15 is 0 Å². The molecule has 0 aromatic heterocycles. The highest BCUT2D eigenvalue weighted by Gasteiger charge is 2.67. The van der Waals surface area contributed by atoms with Crippen LogP contribution in [-0.2, 0) is 9.59 Å². The molecule has 6 atom stereocenters. The monoisotopic (exact) mass is 386 g/mol. The smallest absolute Gasteiger partial charge is 0.270 e. The van der Waals surface area contributed by atoms with E-state index in [4.69, 9.17) is 0 Å². The lowest BCUT2D eigenvalue weighted by Gasteiger charge is -2.37. The quantitative estimate of drug-likeness (QED) is 0.625. The summed E-state index contributed by atoms with van der Waals surface area (Å²) in [4.78, 5) is 38.0. The number of carbonyl (C=O) groups is 3. The van der Waals surface area contributed by atoms with Gasteiger partial charge in [0, 0.05) is 10.0 Å². The van der Waals surface area contributed by atoms with Crippen molar-refractivity contribution in [3.05, 3.63) is 46.5 Å². The molecule has 4 aliphatic carbocycles. The van der Waals surface area contributed by atoms with Crippen LogP contribution < -0.4 is 5.43 Å². The van der Waals surface area contributed by atoms with Gasteiger partial charge in [-0.05, 0) is 48.3 Å². The van der Waals surface area contributed by atoms with E-state index in [9.17, 15) is 14.4 Å². The molecule has 1 aliphatic heterocycles. The number of hydrazine groups is 1. The minimum atomic E-state index is -0.442. The van der Waals surface area contributed by atoms with Crippen molar-refractivity contribution < 1.29 is 14.4 Å². The lowest BCUT2D eigenvalue weighted by molar-refractivity contribution is -0.143. The Hall–Kier alpha value is -1.95. The van der Waals surface area contributed by atoms with E-state index < -0.39 is 5.91 Å². The summed E-state index contributed by atoms with van der Waals surface area (Å²) in [6.45, 7) is 0. The van der Waals surface area contributed by atoms with E-state index in [1.54, 1.807) is 18.2 Å². The minimum Gasteiger partial charge on any atom is -0.272 e. The summed E-state index contributed by atoms with van der Waals surface area (Å²) in [5, 5.41) is 0.969. The third kappa shape index (κ3) is 1.83. The molecule has 0 unspecified atom stereocenters. The topological polar surface area (TPSA) is 66.5 Å². The fourth-order valence-electron chi connectivity index (χ4n) is 4.86. The van der Waals surface area contributed by atoms with Gasteiger partial charge in [-0.25, -0.2) is 0 Å². The third-order valence-corrected chi connectivity index (χ3v) is 6.46. The molecule has 24 heavy (non-hydrogen) atoms. The molecular formula is C18H15BrN2O3. The lowest BCUT2D eigenvalue weighted by Crippen LogP contribution is -2.46. The molecule has 6 heteroatoms. The van der Waals surface area contributed by atoms with Crippen molar-refractivity contribution >= 4 is 33.7 Å². The van der Waals surface area contributed by atoms with E-state index in [0.717, 1.165) is 15.9 Å². The Morgan fingerprint density at radius 2 is 1.71 bits per heavy atom. The molecule has 5 nitrogen and oxygen atoms in total. The van der Waals surface area contributed by atoms with E-state index in [-0.39, 0.29) is 35.5 Å². The summed E-state index contributed by atoms with van der Waals surface area (Å²) in [5.74, 6) is -0.0998. The summed E-state index contributed by atoms with van der Waals surface area (Å²) in [6, 6.07) is 6.86. The Balaban J connectivity index is 1.41. The molecule has 3 fully saturated rings. The molecule has 6 rings (SSSR count). The molecule has 1 heterocycles. The standard InChI is InChI=1S/C18H15BrN2O3/c19-9-3-1-2-8(6-9)16(22)20-21-17(23)14-10-4-5-11(13-7-12(10)13)15(14)18(21)24/h1-6,10-15H,7H2,(H,20,22)/t10-,11-,12-,13+,14+,15-/m1/s1. The van der Waals surface area contributed by atoms with Crippen LogP contribution in [0.3, 0.4) is 0 Å². The van der Waals surface area contributed by atoms with Gasteiger partial charge in [-0.1, -0.05) is 34.1 Å². The number of nitrogens with zero attached hydrogens (tertiary/aromatic N) is 1. The first-order chi connectivity index (χ1) is 11.6. The molecule has 1 aromatic carbocycles. The maximum Gasteiger partial charge on any atom is 0.270 e. The van der Waals surface area contributed by atoms with Crippen LogP contribution in [0.2, 0.25) is 0 Å². The minimum absolute atomic E-state index is 0.161. The van der Waals surface area contributed by atoms with Gasteiger partial charge in [0.05, 0.1) is 11.8 Å². The average molecular weight is 387 g/mol. The van der Waals surface area contributed by atoms with Gasteiger partial charge < -0.3 is 0 Å². The predicted octanol–water partition coefficient (Wildman–Crippen LogP) is 2.15. The number of hydrogen-bond donors (Lipinski definition) is 1. The van der Waals surface area contributed by atoms with E-state index in [0.29, 0.717) is 17.4 Å². The number of hydrogen-bond acceptors (Lipinski definition) is 3. The van der Waals surface area contributed by atoms with E-state index in [1.165, 1.54) is 0 Å². The summed E-state index contributed by atoms with van der Waals surface area (Å²) < 4.78 is 0.769. The van der Waals surface area contributed by atoms with Crippen molar-refractivity contribution in [2.24, 2.45) is 35.5 Å². The second-order valence-corrected chi connectivity index (χ2v) is 8.03. The number of nitrogens with one attached hydrogen (secondary N) is 1. The zero-order valence-corrected chi connectivity index (χ0v) is 14.3. The number of imide groups is 1. The normalized spacial score (nSPS) is 38.1. The van der Waals surface area contributed by atoms with Crippen LogP contribution in [0.1, 0.15) is 16.8 Å². The Labute approximate surface area is 147 Å². The van der Waals surface area contributed by atoms with Gasteiger partial charge in [-0.2, -0.15) is 5.01 Å². The lowest BCUT2D eigenvalue weighted by atomic mass is 9.63. The Bertz CT molecular complexity index is 784. The van der Waals surface area contributed by atoms with Crippen molar-refractivity contribution in [3.8, 4) is 0 Å². The van der Waals surface area contributed by atoms with Crippen LogP contribution in [-0.4, -0.2) is 22.7 Å². The number of carbonyl (C=O) groups excluding carboxylic acids is 3. The first-order valence-corrected chi connectivity index (χ1v) is 8.98. The maximum absolute atomic E-state index is 12.8. The summed E-state index contributed by atoms with van der Waals surface area (Å²) in [7, 11) is 0. The van der Waals surface area contributed by atoms with Crippen LogP contribution in [0.15, 0.2) is 40.9 Å². The molecule has 1 aromatic rings. The highest BCUT2D eigenvalue weighted by atomic mass is 79.9. The second-order valence-electron chi connectivity index (χ2n) is 7.12. The van der Waals surface area contributed by atoms with Crippen molar-refractivity contribution in [2.45, 2.75) is 6.42 Å². The van der Waals surface area contributed by atoms with Gasteiger partial charge in [0.15, 0.2) is 0 Å². The molecule has 1 saturated heterocycles. The second kappa shape index (κ2) is 4.79. The molecular weight excluding hydrogens is 372 g/mol. The first-order valence-electron chi connectivity index (χ1n) is 8.19. The van der Waals surface area contributed by atoms with Gasteiger partial charge >= 0.3 is 0 Å².